The van der Waals surface area contributed by atoms with Gasteiger partial charge in [0.1, 0.15) is 0 Å². The quantitative estimate of drug-likeness (QED) is 0.117. The van der Waals surface area contributed by atoms with E-state index in [1.807, 2.05) is 0 Å². The molecule has 0 fully saturated rings. The summed E-state index contributed by atoms with van der Waals surface area (Å²) in [6, 6.07) is 0. The lowest BCUT2D eigenvalue weighted by Crippen LogP contribution is -2.75. The molecule has 0 spiro atoms. The Balaban J connectivity index is 6.62. The number of carboxylic acids is 1. The number of hydrogen-bond donors (Lipinski definition) is 3. The smallest absolute Gasteiger partial charge is 0.460 e. The van der Waals surface area contributed by atoms with E-state index in [9.17, 15) is 87.8 Å². The number of carbonyl (C=O) groups is 1. The number of nitrogens with one attached hydrogen (secondary N) is 2. The van der Waals surface area contributed by atoms with Crippen molar-refractivity contribution in [3.8, 4) is 0 Å². The minimum absolute atomic E-state index is 0.0535. The number of unbranched alkanes of at least 4 members (excludes halogenated alkanes) is 3. The highest BCUT2D eigenvalue weighted by atomic mass is 32.2. The average Bonchev–Trinajstić information content (AvgIpc) is 2.76. The van der Waals surface area contributed by atoms with E-state index in [0.717, 1.165) is 0 Å². The van der Waals surface area contributed by atoms with Gasteiger partial charge in [-0.2, -0.15) is 79.4 Å². The zero-order chi connectivity index (χ0) is 32.6. The van der Waals surface area contributed by atoms with Gasteiger partial charge < -0.3 is 5.11 Å². The van der Waals surface area contributed by atoms with E-state index in [0.29, 0.717) is 12.8 Å². The summed E-state index contributed by atoms with van der Waals surface area (Å²) >= 11 is 0. The second kappa shape index (κ2) is 11.4. The predicted molar refractivity (Wildman–Crippen MR) is 96.3 cm³/mol. The van der Waals surface area contributed by atoms with Crippen molar-refractivity contribution in [3.63, 3.8) is 0 Å². The van der Waals surface area contributed by atoms with E-state index in [1.165, 1.54) is 0 Å². The summed E-state index contributed by atoms with van der Waals surface area (Å²) in [5, 5.41) is 2.54. The van der Waals surface area contributed by atoms with Gasteiger partial charge in [-0.1, -0.05) is 26.2 Å². The Labute approximate surface area is 212 Å². The van der Waals surface area contributed by atoms with Crippen LogP contribution in [0.1, 0.15) is 32.6 Å². The van der Waals surface area contributed by atoms with E-state index in [2.05, 4.69) is 0 Å². The fourth-order valence-electron chi connectivity index (χ4n) is 2.52. The molecule has 0 aromatic rings. The highest BCUT2D eigenvalue weighted by Gasteiger charge is 2.96. The first-order valence-corrected chi connectivity index (χ1v) is 11.5. The molecular weight excluding hydrogens is 639 g/mol. The molecule has 0 bridgehead atoms. The van der Waals surface area contributed by atoms with Crippen LogP contribution in [0.5, 0.6) is 0 Å². The van der Waals surface area contributed by atoms with Crippen molar-refractivity contribution in [2.45, 2.75) is 85.7 Å². The van der Waals surface area contributed by atoms with Gasteiger partial charge in [-0.05, 0) is 13.0 Å². The maximum Gasteiger partial charge on any atom is 0.460 e. The molecular formula is C16H17F17N2O4S. The van der Waals surface area contributed by atoms with Crippen molar-refractivity contribution in [2.75, 3.05) is 6.54 Å². The van der Waals surface area contributed by atoms with Crippen molar-refractivity contribution in [1.82, 2.24) is 10.0 Å². The van der Waals surface area contributed by atoms with Gasteiger partial charge in [0.15, 0.2) is 6.17 Å². The molecule has 0 amide bonds. The third-order valence-electron chi connectivity index (χ3n) is 4.93. The van der Waals surface area contributed by atoms with Crippen LogP contribution in [-0.2, 0) is 14.8 Å². The lowest BCUT2D eigenvalue weighted by molar-refractivity contribution is -0.458. The van der Waals surface area contributed by atoms with Crippen molar-refractivity contribution >= 4 is 16.0 Å². The topological polar surface area (TPSA) is 95.5 Å². The fraction of sp³-hybridized carbons (Fsp3) is 0.938. The van der Waals surface area contributed by atoms with Gasteiger partial charge in [-0.25, -0.2) is 13.2 Å². The maximum absolute atomic E-state index is 14.0. The van der Waals surface area contributed by atoms with Crippen LogP contribution in [0.3, 0.4) is 0 Å². The molecule has 0 aromatic carbocycles. The Morgan fingerprint density at radius 3 is 1.38 bits per heavy atom. The van der Waals surface area contributed by atoms with E-state index in [4.69, 9.17) is 5.11 Å². The molecule has 6 nitrogen and oxygen atoms in total. The number of rotatable bonds is 16. The van der Waals surface area contributed by atoms with Crippen LogP contribution in [0, 0.1) is 0 Å². The molecule has 0 saturated carbocycles. The van der Waals surface area contributed by atoms with Crippen LogP contribution in [0.25, 0.3) is 0 Å². The van der Waals surface area contributed by atoms with Gasteiger partial charge in [0.05, 0.1) is 0 Å². The molecule has 240 valence electrons. The Bertz CT molecular complexity index is 998. The third kappa shape index (κ3) is 6.02. The molecule has 24 heteroatoms. The lowest BCUT2D eigenvalue weighted by atomic mass is 9.91. The number of alkyl halides is 17. The highest BCUT2D eigenvalue weighted by molar-refractivity contribution is 7.90. The van der Waals surface area contributed by atoms with Gasteiger partial charge >= 0.3 is 52.9 Å². The lowest BCUT2D eigenvalue weighted by Gasteiger charge is -2.42. The summed E-state index contributed by atoms with van der Waals surface area (Å²) in [5.41, 5.74) is 0. The summed E-state index contributed by atoms with van der Waals surface area (Å²) in [6.07, 6.45) is -9.79. The standard InChI is InChI=1S/C16H17F17N2O4S/c1-2-3-4-5-6-34-7(8(36)37)35-40(38,39)16(32,33)14(27,28)12(23,24)10(19,20)9(17,18)11(21,22)13(25,26)15(29,30)31/h7,34-35H,2-6H2,1H3,(H,36,37). The number of hydrogen-bond acceptors (Lipinski definition) is 4. The van der Waals surface area contributed by atoms with Crippen LogP contribution in [0.15, 0.2) is 0 Å². The number of carboxylic acid groups (broad SMARTS) is 1. The first-order valence-electron chi connectivity index (χ1n) is 10.1. The Morgan fingerprint density at radius 1 is 0.650 bits per heavy atom. The molecule has 3 N–H and O–H groups in total. The molecule has 40 heavy (non-hydrogen) atoms. The molecule has 0 rings (SSSR count). The van der Waals surface area contributed by atoms with E-state index in [1.54, 1.807) is 12.2 Å². The SMILES string of the molecule is CCCCCCNC(NS(=O)(=O)C(F)(F)C(F)(F)C(F)(F)C(F)(F)C(F)(F)C(F)(F)C(F)(F)C(F)(F)F)C(=O)O. The van der Waals surface area contributed by atoms with Crippen molar-refractivity contribution < 1.29 is 93.0 Å². The largest absolute Gasteiger partial charge is 0.479 e. The summed E-state index contributed by atoms with van der Waals surface area (Å²) in [6.45, 7) is 1.06. The highest BCUT2D eigenvalue weighted by Crippen LogP contribution is 2.64. The average molecular weight is 656 g/mol. The summed E-state index contributed by atoms with van der Waals surface area (Å²) in [4.78, 5) is 11.0. The fourth-order valence-corrected chi connectivity index (χ4v) is 3.63. The summed E-state index contributed by atoms with van der Waals surface area (Å²) in [7, 11) is -7.74. The maximum atomic E-state index is 14.0. The van der Waals surface area contributed by atoms with Crippen molar-refractivity contribution in [1.29, 1.82) is 0 Å². The minimum Gasteiger partial charge on any atom is -0.479 e. The van der Waals surface area contributed by atoms with Crippen LogP contribution in [-0.4, -0.2) is 79.2 Å². The van der Waals surface area contributed by atoms with E-state index in [-0.39, 0.29) is 17.6 Å². The monoisotopic (exact) mass is 656 g/mol. The third-order valence-corrected chi connectivity index (χ3v) is 6.41. The molecule has 1 unspecified atom stereocenters. The van der Waals surface area contributed by atoms with Gasteiger partial charge in [-0.3, -0.25) is 5.32 Å². The molecule has 1 atom stereocenters. The number of sulfonamides is 1. The van der Waals surface area contributed by atoms with E-state index < -0.39 is 75.7 Å². The second-order valence-electron chi connectivity index (χ2n) is 7.87. The summed E-state index contributed by atoms with van der Waals surface area (Å²) < 4.78 is 249. The first kappa shape index (κ1) is 38.1. The zero-order valence-corrected chi connectivity index (χ0v) is 19.9. The molecule has 0 aromatic heterocycles. The van der Waals surface area contributed by atoms with Crippen LogP contribution in [0.4, 0.5) is 74.6 Å². The molecule has 0 saturated heterocycles. The molecule has 0 heterocycles. The van der Waals surface area contributed by atoms with Gasteiger partial charge in [0, 0.05) is 0 Å². The molecule has 0 aliphatic rings. The van der Waals surface area contributed by atoms with Crippen molar-refractivity contribution in [2.24, 2.45) is 0 Å². The van der Waals surface area contributed by atoms with Crippen LogP contribution in [0.2, 0.25) is 0 Å². The molecule has 0 aliphatic heterocycles. The Kier molecular flexibility index (Phi) is 10.9. The van der Waals surface area contributed by atoms with Gasteiger partial charge in [0.25, 0.3) is 10.0 Å². The van der Waals surface area contributed by atoms with E-state index >= 15 is 0 Å². The Morgan fingerprint density at radius 2 is 1.02 bits per heavy atom. The molecule has 0 aliphatic carbocycles. The van der Waals surface area contributed by atoms with Crippen molar-refractivity contribution in [3.05, 3.63) is 0 Å². The second-order valence-corrected chi connectivity index (χ2v) is 9.62. The first-order chi connectivity index (χ1) is 17.4. The van der Waals surface area contributed by atoms with Gasteiger partial charge in [0.2, 0.25) is 0 Å². The van der Waals surface area contributed by atoms with Gasteiger partial charge in [-0.15, -0.1) is 0 Å². The normalized spacial score (nSPS) is 16.2. The molecule has 0 radical (unpaired) electrons. The number of aliphatic carboxylic acids is 1. The van der Waals surface area contributed by atoms with Crippen LogP contribution < -0.4 is 10.0 Å². The minimum atomic E-state index is -8.97. The number of halogens is 17. The van der Waals surface area contributed by atoms with Crippen LogP contribution >= 0.6 is 0 Å². The zero-order valence-electron chi connectivity index (χ0n) is 19.1. The summed E-state index contributed by atoms with van der Waals surface area (Å²) in [5.74, 6) is -54.9. The predicted octanol–water partition coefficient (Wildman–Crippen LogP) is 5.45. The Hall–Kier alpha value is -1.85.